The molecule has 1 aromatic rings. The molecule has 2 amide bonds. The average Bonchev–Trinajstić information content (AvgIpc) is 2.48. The number of fused-ring (bicyclic) bond motifs is 1. The normalized spacial score (nSPS) is 22.9. The first-order chi connectivity index (χ1) is 9.74. The molecule has 0 aromatic heterocycles. The Labute approximate surface area is 120 Å². The number of likely N-dealkylation sites (tertiary alicyclic amines) is 1. The Morgan fingerprint density at radius 3 is 2.80 bits per heavy atom. The lowest BCUT2D eigenvalue weighted by molar-refractivity contribution is 0.165. The molecule has 1 fully saturated rings. The molecular weight excluding hydrogens is 252 g/mol. The average molecular weight is 274 g/mol. The van der Waals surface area contributed by atoms with E-state index in [1.165, 1.54) is 0 Å². The molecular formula is C16H22N2O2. The zero-order chi connectivity index (χ0) is 13.9. The molecule has 0 radical (unpaired) electrons. The first-order valence-electron chi connectivity index (χ1n) is 7.51. The number of amides is 2. The van der Waals surface area contributed by atoms with E-state index in [4.69, 9.17) is 4.74 Å². The van der Waals surface area contributed by atoms with Gasteiger partial charge in [-0.05, 0) is 24.8 Å². The molecule has 2 heterocycles. The SMILES string of the molecule is CC1CCN(C(=O)NC2CCOc3ccccc32)CC1. The molecule has 4 nitrogen and oxygen atoms in total. The van der Waals surface area contributed by atoms with Gasteiger partial charge in [0.1, 0.15) is 5.75 Å². The molecule has 0 spiro atoms. The van der Waals surface area contributed by atoms with Crippen LogP contribution < -0.4 is 10.1 Å². The maximum absolute atomic E-state index is 12.4. The summed E-state index contributed by atoms with van der Waals surface area (Å²) in [7, 11) is 0. The number of piperidine rings is 1. The predicted molar refractivity (Wildman–Crippen MR) is 77.8 cm³/mol. The van der Waals surface area contributed by atoms with Crippen molar-refractivity contribution in [3.8, 4) is 5.75 Å². The van der Waals surface area contributed by atoms with Gasteiger partial charge in [0.2, 0.25) is 0 Å². The monoisotopic (exact) mass is 274 g/mol. The van der Waals surface area contributed by atoms with Crippen LogP contribution in [-0.2, 0) is 0 Å². The number of para-hydroxylation sites is 1. The lowest BCUT2D eigenvalue weighted by atomic mass is 9.99. The Hall–Kier alpha value is -1.71. The van der Waals surface area contributed by atoms with E-state index in [1.54, 1.807) is 0 Å². The summed E-state index contributed by atoms with van der Waals surface area (Å²) in [4.78, 5) is 14.3. The van der Waals surface area contributed by atoms with Crippen molar-refractivity contribution >= 4 is 6.03 Å². The van der Waals surface area contributed by atoms with Gasteiger partial charge in [-0.15, -0.1) is 0 Å². The topological polar surface area (TPSA) is 41.6 Å². The van der Waals surface area contributed by atoms with E-state index in [2.05, 4.69) is 12.2 Å². The number of carbonyl (C=O) groups is 1. The van der Waals surface area contributed by atoms with Crippen molar-refractivity contribution in [1.82, 2.24) is 10.2 Å². The van der Waals surface area contributed by atoms with Crippen LogP contribution in [0.15, 0.2) is 24.3 Å². The second-order valence-electron chi connectivity index (χ2n) is 5.85. The Morgan fingerprint density at radius 2 is 2.00 bits per heavy atom. The maximum Gasteiger partial charge on any atom is 0.317 e. The molecule has 0 saturated carbocycles. The summed E-state index contributed by atoms with van der Waals surface area (Å²) in [5.41, 5.74) is 1.09. The Morgan fingerprint density at radius 1 is 1.25 bits per heavy atom. The van der Waals surface area contributed by atoms with Crippen molar-refractivity contribution in [3.63, 3.8) is 0 Å². The minimum absolute atomic E-state index is 0.0682. The van der Waals surface area contributed by atoms with Crippen LogP contribution in [0.2, 0.25) is 0 Å². The molecule has 0 bridgehead atoms. The number of nitrogens with zero attached hydrogens (tertiary/aromatic N) is 1. The zero-order valence-corrected chi connectivity index (χ0v) is 12.0. The van der Waals surface area contributed by atoms with Gasteiger partial charge in [0.15, 0.2) is 0 Å². The third kappa shape index (κ3) is 2.74. The maximum atomic E-state index is 12.4. The van der Waals surface area contributed by atoms with Crippen molar-refractivity contribution in [2.45, 2.75) is 32.2 Å². The summed E-state index contributed by atoms with van der Waals surface area (Å²) < 4.78 is 5.63. The molecule has 20 heavy (non-hydrogen) atoms. The summed E-state index contributed by atoms with van der Waals surface area (Å²) in [6.07, 6.45) is 3.06. The fourth-order valence-electron chi connectivity index (χ4n) is 2.94. The third-order valence-corrected chi connectivity index (χ3v) is 4.33. The van der Waals surface area contributed by atoms with E-state index >= 15 is 0 Å². The minimum atomic E-state index is 0.0682. The fourth-order valence-corrected chi connectivity index (χ4v) is 2.94. The van der Waals surface area contributed by atoms with Gasteiger partial charge < -0.3 is 15.0 Å². The molecule has 0 aliphatic carbocycles. The summed E-state index contributed by atoms with van der Waals surface area (Å²) in [5.74, 6) is 1.64. The van der Waals surface area contributed by atoms with Gasteiger partial charge in [-0.25, -0.2) is 4.79 Å². The number of carbonyl (C=O) groups excluding carboxylic acids is 1. The first kappa shape index (κ1) is 13.3. The Balaban J connectivity index is 1.65. The van der Waals surface area contributed by atoms with Gasteiger partial charge >= 0.3 is 6.03 Å². The van der Waals surface area contributed by atoms with Gasteiger partial charge in [-0.3, -0.25) is 0 Å². The van der Waals surface area contributed by atoms with Crippen LogP contribution in [0, 0.1) is 5.92 Å². The molecule has 108 valence electrons. The van der Waals surface area contributed by atoms with Gasteiger partial charge in [0, 0.05) is 25.1 Å². The van der Waals surface area contributed by atoms with Crippen molar-refractivity contribution in [1.29, 1.82) is 0 Å². The van der Waals surface area contributed by atoms with E-state index in [-0.39, 0.29) is 12.1 Å². The Kier molecular flexibility index (Phi) is 3.81. The largest absolute Gasteiger partial charge is 0.493 e. The lowest BCUT2D eigenvalue weighted by Crippen LogP contribution is -2.46. The van der Waals surface area contributed by atoms with Gasteiger partial charge in [-0.2, -0.15) is 0 Å². The van der Waals surface area contributed by atoms with Crippen molar-refractivity contribution in [2.24, 2.45) is 5.92 Å². The van der Waals surface area contributed by atoms with E-state index in [9.17, 15) is 4.79 Å². The number of hydrogen-bond acceptors (Lipinski definition) is 2. The summed E-state index contributed by atoms with van der Waals surface area (Å²) >= 11 is 0. The smallest absolute Gasteiger partial charge is 0.317 e. The van der Waals surface area contributed by atoms with Gasteiger partial charge in [-0.1, -0.05) is 25.1 Å². The number of benzene rings is 1. The van der Waals surface area contributed by atoms with E-state index in [1.807, 2.05) is 29.2 Å². The number of urea groups is 1. The van der Waals surface area contributed by atoms with Gasteiger partial charge in [0.25, 0.3) is 0 Å². The number of nitrogens with one attached hydrogen (secondary N) is 1. The highest BCUT2D eigenvalue weighted by Gasteiger charge is 2.26. The van der Waals surface area contributed by atoms with Crippen LogP contribution in [0.25, 0.3) is 0 Å². The molecule has 1 saturated heterocycles. The van der Waals surface area contributed by atoms with Crippen LogP contribution in [0.3, 0.4) is 0 Å². The minimum Gasteiger partial charge on any atom is -0.493 e. The van der Waals surface area contributed by atoms with E-state index < -0.39 is 0 Å². The first-order valence-corrected chi connectivity index (χ1v) is 7.51. The highest BCUT2D eigenvalue weighted by molar-refractivity contribution is 5.75. The zero-order valence-electron chi connectivity index (χ0n) is 12.0. The predicted octanol–water partition coefficient (Wildman–Crippen LogP) is 2.95. The highest BCUT2D eigenvalue weighted by Crippen LogP contribution is 2.31. The van der Waals surface area contributed by atoms with Crippen molar-refractivity contribution in [3.05, 3.63) is 29.8 Å². The summed E-state index contributed by atoms with van der Waals surface area (Å²) in [6, 6.07) is 8.11. The number of rotatable bonds is 1. The van der Waals surface area contributed by atoms with Crippen LogP contribution >= 0.6 is 0 Å². The highest BCUT2D eigenvalue weighted by atomic mass is 16.5. The molecule has 2 aliphatic heterocycles. The lowest BCUT2D eigenvalue weighted by Gasteiger charge is -2.33. The Bertz CT molecular complexity index is 481. The molecule has 1 N–H and O–H groups in total. The van der Waals surface area contributed by atoms with Crippen LogP contribution in [0.5, 0.6) is 5.75 Å². The van der Waals surface area contributed by atoms with Crippen molar-refractivity contribution < 1.29 is 9.53 Å². The quantitative estimate of drug-likeness (QED) is 0.855. The summed E-state index contributed by atoms with van der Waals surface area (Å²) in [6.45, 7) is 4.67. The molecule has 1 atom stereocenters. The van der Waals surface area contributed by atoms with Crippen LogP contribution in [-0.4, -0.2) is 30.6 Å². The van der Waals surface area contributed by atoms with Crippen LogP contribution in [0.4, 0.5) is 4.79 Å². The van der Waals surface area contributed by atoms with E-state index in [0.29, 0.717) is 6.61 Å². The summed E-state index contributed by atoms with van der Waals surface area (Å²) in [5, 5.41) is 3.17. The second-order valence-corrected chi connectivity index (χ2v) is 5.85. The molecule has 1 aromatic carbocycles. The van der Waals surface area contributed by atoms with Crippen LogP contribution in [0.1, 0.15) is 37.8 Å². The number of hydrogen-bond donors (Lipinski definition) is 1. The number of ether oxygens (including phenoxy) is 1. The molecule has 1 unspecified atom stereocenters. The van der Waals surface area contributed by atoms with E-state index in [0.717, 1.165) is 49.6 Å². The standard InChI is InChI=1S/C16H22N2O2/c1-12-6-9-18(10-7-12)16(19)17-14-8-11-20-15-5-3-2-4-13(14)15/h2-5,12,14H,6-11H2,1H3,(H,17,19). The van der Waals surface area contributed by atoms with Gasteiger partial charge in [0.05, 0.1) is 12.6 Å². The fraction of sp³-hybridized carbons (Fsp3) is 0.562. The molecule has 3 rings (SSSR count). The molecule has 4 heteroatoms. The third-order valence-electron chi connectivity index (χ3n) is 4.33. The second kappa shape index (κ2) is 5.73. The van der Waals surface area contributed by atoms with Crippen molar-refractivity contribution in [2.75, 3.05) is 19.7 Å². The molecule has 2 aliphatic rings.